The van der Waals surface area contributed by atoms with Crippen LogP contribution in [-0.2, 0) is 0 Å². The topological polar surface area (TPSA) is 29.3 Å². The largest absolute Gasteiger partial charge is 0.329 e. The van der Waals surface area contributed by atoms with E-state index in [1.54, 1.807) is 0 Å². The number of nitrogens with two attached hydrogens (primary N) is 1. The number of rotatable bonds is 3. The summed E-state index contributed by atoms with van der Waals surface area (Å²) in [5, 5.41) is 0. The van der Waals surface area contributed by atoms with E-state index in [0.717, 1.165) is 24.4 Å². The van der Waals surface area contributed by atoms with Crippen molar-refractivity contribution in [2.24, 2.45) is 17.6 Å². The van der Waals surface area contributed by atoms with Crippen LogP contribution < -0.4 is 5.73 Å². The monoisotopic (exact) mass is 252 g/mol. The van der Waals surface area contributed by atoms with E-state index in [1.165, 1.54) is 51.5 Å². The number of hydrogen-bond acceptors (Lipinski definition) is 2. The van der Waals surface area contributed by atoms with Crippen LogP contribution >= 0.6 is 0 Å². The lowest BCUT2D eigenvalue weighted by Gasteiger charge is -2.53. The van der Waals surface area contributed by atoms with Gasteiger partial charge in [-0.1, -0.05) is 20.3 Å². The average molecular weight is 252 g/mol. The quantitative estimate of drug-likeness (QED) is 0.834. The van der Waals surface area contributed by atoms with Crippen LogP contribution in [0.3, 0.4) is 0 Å². The normalized spacial score (nSPS) is 43.0. The van der Waals surface area contributed by atoms with Crippen molar-refractivity contribution in [2.75, 3.05) is 13.1 Å². The smallest absolute Gasteiger partial charge is 0.0334 e. The van der Waals surface area contributed by atoms with Gasteiger partial charge in [0.05, 0.1) is 0 Å². The van der Waals surface area contributed by atoms with Gasteiger partial charge in [0.1, 0.15) is 0 Å². The molecule has 0 bridgehead atoms. The third-order valence-corrected chi connectivity index (χ3v) is 5.98. The van der Waals surface area contributed by atoms with E-state index in [0.29, 0.717) is 5.54 Å². The minimum absolute atomic E-state index is 0.333. The molecule has 1 saturated carbocycles. The Balaban J connectivity index is 2.07. The molecule has 1 aliphatic carbocycles. The zero-order valence-electron chi connectivity index (χ0n) is 12.6. The van der Waals surface area contributed by atoms with Gasteiger partial charge in [0, 0.05) is 18.1 Å². The lowest BCUT2D eigenvalue weighted by atomic mass is 9.72. The van der Waals surface area contributed by atoms with Crippen molar-refractivity contribution < 1.29 is 0 Å². The lowest BCUT2D eigenvalue weighted by Crippen LogP contribution is -2.61. The van der Waals surface area contributed by atoms with Crippen molar-refractivity contribution in [1.82, 2.24) is 4.90 Å². The van der Waals surface area contributed by atoms with E-state index in [9.17, 15) is 0 Å². The standard InChI is InChI=1S/C16H32N2/c1-4-15-7-9-16(12-17,10-8-15)18-11-5-6-13(2)14(18)3/h13-15H,4-12,17H2,1-3H3. The summed E-state index contributed by atoms with van der Waals surface area (Å²) >= 11 is 0. The molecule has 2 N–H and O–H groups in total. The Bertz CT molecular complexity index is 256. The van der Waals surface area contributed by atoms with Gasteiger partial charge in [-0.05, 0) is 63.8 Å². The van der Waals surface area contributed by atoms with Crippen LogP contribution in [0.15, 0.2) is 0 Å². The van der Waals surface area contributed by atoms with Crippen LogP contribution in [0.4, 0.5) is 0 Å². The van der Waals surface area contributed by atoms with Crippen molar-refractivity contribution in [3.63, 3.8) is 0 Å². The van der Waals surface area contributed by atoms with Gasteiger partial charge < -0.3 is 5.73 Å². The molecule has 18 heavy (non-hydrogen) atoms. The second kappa shape index (κ2) is 5.92. The second-order valence-corrected chi connectivity index (χ2v) is 6.83. The molecule has 2 unspecified atom stereocenters. The first-order valence-corrected chi connectivity index (χ1v) is 8.10. The Morgan fingerprint density at radius 2 is 1.83 bits per heavy atom. The summed E-state index contributed by atoms with van der Waals surface area (Å²) in [4.78, 5) is 2.78. The van der Waals surface area contributed by atoms with E-state index in [1.807, 2.05) is 0 Å². The molecule has 1 heterocycles. The molecule has 2 atom stereocenters. The molecule has 0 spiro atoms. The van der Waals surface area contributed by atoms with Gasteiger partial charge in [0.2, 0.25) is 0 Å². The summed E-state index contributed by atoms with van der Waals surface area (Å²) in [5.41, 5.74) is 6.56. The number of piperidine rings is 1. The molecule has 1 saturated heterocycles. The lowest BCUT2D eigenvalue weighted by molar-refractivity contribution is -0.0254. The maximum absolute atomic E-state index is 6.22. The zero-order chi connectivity index (χ0) is 13.2. The fraction of sp³-hybridized carbons (Fsp3) is 1.00. The van der Waals surface area contributed by atoms with Gasteiger partial charge in [-0.2, -0.15) is 0 Å². The van der Waals surface area contributed by atoms with Crippen molar-refractivity contribution in [3.05, 3.63) is 0 Å². The molecule has 2 heteroatoms. The molecular weight excluding hydrogens is 220 g/mol. The summed E-state index contributed by atoms with van der Waals surface area (Å²) in [7, 11) is 0. The maximum Gasteiger partial charge on any atom is 0.0334 e. The van der Waals surface area contributed by atoms with Crippen LogP contribution in [0.5, 0.6) is 0 Å². The predicted octanol–water partition coefficient (Wildman–Crippen LogP) is 3.40. The molecule has 0 aromatic rings. The van der Waals surface area contributed by atoms with E-state index >= 15 is 0 Å². The number of nitrogens with zero attached hydrogens (tertiary/aromatic N) is 1. The first-order chi connectivity index (χ1) is 8.63. The van der Waals surface area contributed by atoms with Crippen molar-refractivity contribution in [2.45, 2.75) is 77.3 Å². The molecule has 2 aliphatic rings. The minimum atomic E-state index is 0.333. The average Bonchev–Trinajstić information content (AvgIpc) is 2.42. The highest BCUT2D eigenvalue weighted by molar-refractivity contribution is 4.99. The molecular formula is C16H32N2. The third-order valence-electron chi connectivity index (χ3n) is 5.98. The van der Waals surface area contributed by atoms with Crippen molar-refractivity contribution in [1.29, 1.82) is 0 Å². The summed E-state index contributed by atoms with van der Waals surface area (Å²) < 4.78 is 0. The molecule has 2 rings (SSSR count). The molecule has 0 aromatic carbocycles. The highest BCUT2D eigenvalue weighted by Crippen LogP contribution is 2.41. The summed E-state index contributed by atoms with van der Waals surface area (Å²) in [6, 6.07) is 0.723. The van der Waals surface area contributed by atoms with Crippen LogP contribution in [0, 0.1) is 11.8 Å². The fourth-order valence-corrected chi connectivity index (χ4v) is 4.24. The molecule has 0 aromatic heterocycles. The number of hydrogen-bond donors (Lipinski definition) is 1. The third kappa shape index (κ3) is 2.60. The first-order valence-electron chi connectivity index (χ1n) is 8.10. The molecule has 0 radical (unpaired) electrons. The van der Waals surface area contributed by atoms with Gasteiger partial charge in [0.15, 0.2) is 0 Å². The minimum Gasteiger partial charge on any atom is -0.329 e. The van der Waals surface area contributed by atoms with Crippen LogP contribution in [0.1, 0.15) is 65.7 Å². The molecule has 1 aliphatic heterocycles. The second-order valence-electron chi connectivity index (χ2n) is 6.83. The van der Waals surface area contributed by atoms with Crippen LogP contribution in [0.25, 0.3) is 0 Å². The van der Waals surface area contributed by atoms with Crippen molar-refractivity contribution in [3.8, 4) is 0 Å². The highest BCUT2D eigenvalue weighted by Gasteiger charge is 2.42. The molecule has 0 amide bonds. The molecule has 106 valence electrons. The van der Waals surface area contributed by atoms with Gasteiger partial charge in [-0.15, -0.1) is 0 Å². The van der Waals surface area contributed by atoms with Crippen molar-refractivity contribution >= 4 is 0 Å². The maximum atomic E-state index is 6.22. The highest BCUT2D eigenvalue weighted by atomic mass is 15.2. The molecule has 2 nitrogen and oxygen atoms in total. The van der Waals surface area contributed by atoms with Gasteiger partial charge in [0.25, 0.3) is 0 Å². The SMILES string of the molecule is CCC1CCC(CN)(N2CCCC(C)C2C)CC1. The Morgan fingerprint density at radius 3 is 2.39 bits per heavy atom. The summed E-state index contributed by atoms with van der Waals surface area (Å²) in [5.74, 6) is 1.80. The van der Waals surface area contributed by atoms with Gasteiger partial charge in [-0.3, -0.25) is 4.90 Å². The van der Waals surface area contributed by atoms with E-state index in [2.05, 4.69) is 25.7 Å². The Hall–Kier alpha value is -0.0800. The van der Waals surface area contributed by atoms with Gasteiger partial charge in [-0.25, -0.2) is 0 Å². The summed E-state index contributed by atoms with van der Waals surface area (Å²) in [6.07, 6.45) is 9.57. The molecule has 2 fully saturated rings. The van der Waals surface area contributed by atoms with E-state index < -0.39 is 0 Å². The first kappa shape index (κ1) is 14.3. The van der Waals surface area contributed by atoms with Gasteiger partial charge >= 0.3 is 0 Å². The van der Waals surface area contributed by atoms with E-state index in [-0.39, 0.29) is 0 Å². The fourth-order valence-electron chi connectivity index (χ4n) is 4.24. The Morgan fingerprint density at radius 1 is 1.17 bits per heavy atom. The van der Waals surface area contributed by atoms with Crippen LogP contribution in [-0.4, -0.2) is 29.6 Å². The van der Waals surface area contributed by atoms with Crippen LogP contribution in [0.2, 0.25) is 0 Å². The predicted molar refractivity (Wildman–Crippen MR) is 78.6 cm³/mol. The number of likely N-dealkylation sites (tertiary alicyclic amines) is 1. The Kier molecular flexibility index (Phi) is 4.71. The van der Waals surface area contributed by atoms with E-state index in [4.69, 9.17) is 5.73 Å². The Labute approximate surface area is 113 Å². The summed E-state index contributed by atoms with van der Waals surface area (Å²) in [6.45, 7) is 9.32. The zero-order valence-corrected chi connectivity index (χ0v) is 12.6.